The number of anilines is 1. The van der Waals surface area contributed by atoms with Crippen LogP contribution in [0.15, 0.2) is 24.3 Å². The maximum atomic E-state index is 12.2. The van der Waals surface area contributed by atoms with Crippen molar-refractivity contribution in [2.24, 2.45) is 0 Å². The van der Waals surface area contributed by atoms with E-state index in [-0.39, 0.29) is 11.9 Å². The Hall–Kier alpha value is -1.55. The average Bonchev–Trinajstić information content (AvgIpc) is 2.46. The van der Waals surface area contributed by atoms with Crippen LogP contribution in [-0.4, -0.2) is 29.9 Å². The predicted octanol–water partition coefficient (Wildman–Crippen LogP) is 2.79. The zero-order valence-electron chi connectivity index (χ0n) is 13.6. The molecule has 0 aliphatic rings. The fourth-order valence-electron chi connectivity index (χ4n) is 2.32. The van der Waals surface area contributed by atoms with Gasteiger partial charge in [0.15, 0.2) is 0 Å². The first-order valence-corrected chi connectivity index (χ1v) is 7.94. The maximum absolute atomic E-state index is 12.2. The number of benzene rings is 1. The Labute approximate surface area is 128 Å². The maximum Gasteiger partial charge on any atom is 0.237 e. The van der Waals surface area contributed by atoms with E-state index in [1.165, 1.54) is 0 Å². The molecule has 0 fully saturated rings. The van der Waals surface area contributed by atoms with Gasteiger partial charge in [-0.3, -0.25) is 9.69 Å². The summed E-state index contributed by atoms with van der Waals surface area (Å²) in [6.07, 6.45) is 3.15. The van der Waals surface area contributed by atoms with Crippen molar-refractivity contribution in [3.63, 3.8) is 0 Å². The lowest BCUT2D eigenvalue weighted by Gasteiger charge is -2.28. The molecular formula is C17H29N3O. The molecule has 1 atom stereocenters. The van der Waals surface area contributed by atoms with Crippen molar-refractivity contribution < 1.29 is 4.79 Å². The molecule has 21 heavy (non-hydrogen) atoms. The van der Waals surface area contributed by atoms with Crippen molar-refractivity contribution in [1.82, 2.24) is 10.2 Å². The van der Waals surface area contributed by atoms with Crippen LogP contribution in [0.2, 0.25) is 0 Å². The second-order valence-corrected chi connectivity index (χ2v) is 5.54. The molecule has 0 aliphatic carbocycles. The van der Waals surface area contributed by atoms with Crippen molar-refractivity contribution in [2.75, 3.05) is 18.8 Å². The van der Waals surface area contributed by atoms with Crippen molar-refractivity contribution in [3.05, 3.63) is 29.8 Å². The zero-order valence-corrected chi connectivity index (χ0v) is 13.6. The van der Waals surface area contributed by atoms with Crippen molar-refractivity contribution in [1.29, 1.82) is 0 Å². The van der Waals surface area contributed by atoms with Gasteiger partial charge in [-0.1, -0.05) is 32.4 Å². The van der Waals surface area contributed by atoms with Gasteiger partial charge < -0.3 is 11.1 Å². The van der Waals surface area contributed by atoms with Crippen LogP contribution in [0.3, 0.4) is 0 Å². The molecule has 0 saturated heterocycles. The molecule has 4 nitrogen and oxygen atoms in total. The minimum atomic E-state index is -0.122. The van der Waals surface area contributed by atoms with E-state index in [0.29, 0.717) is 0 Å². The van der Waals surface area contributed by atoms with Gasteiger partial charge in [-0.2, -0.15) is 0 Å². The Morgan fingerprint density at radius 2 is 2.10 bits per heavy atom. The Kier molecular flexibility index (Phi) is 7.83. The molecule has 0 aliphatic heterocycles. The molecule has 118 valence electrons. The van der Waals surface area contributed by atoms with E-state index in [4.69, 9.17) is 5.73 Å². The highest BCUT2D eigenvalue weighted by molar-refractivity contribution is 5.81. The minimum Gasteiger partial charge on any atom is -0.399 e. The monoisotopic (exact) mass is 291 g/mol. The SMILES string of the molecule is CCCCNC(=O)C(C)N(CCC)Cc1cccc(N)c1. The molecule has 0 radical (unpaired) electrons. The van der Waals surface area contributed by atoms with Gasteiger partial charge >= 0.3 is 0 Å². The molecular weight excluding hydrogens is 262 g/mol. The molecule has 1 unspecified atom stereocenters. The van der Waals surface area contributed by atoms with Crippen LogP contribution < -0.4 is 11.1 Å². The van der Waals surface area contributed by atoms with E-state index < -0.39 is 0 Å². The third kappa shape index (κ3) is 6.17. The van der Waals surface area contributed by atoms with Gasteiger partial charge in [-0.25, -0.2) is 0 Å². The molecule has 0 saturated carbocycles. The average molecular weight is 291 g/mol. The number of carbonyl (C=O) groups is 1. The Balaban J connectivity index is 2.64. The number of amides is 1. The summed E-state index contributed by atoms with van der Waals surface area (Å²) in [7, 11) is 0. The van der Waals surface area contributed by atoms with Crippen molar-refractivity contribution >= 4 is 11.6 Å². The van der Waals surface area contributed by atoms with Gasteiger partial charge in [0, 0.05) is 18.8 Å². The summed E-state index contributed by atoms with van der Waals surface area (Å²) < 4.78 is 0. The summed E-state index contributed by atoms with van der Waals surface area (Å²) >= 11 is 0. The van der Waals surface area contributed by atoms with E-state index in [2.05, 4.69) is 30.1 Å². The Morgan fingerprint density at radius 3 is 2.71 bits per heavy atom. The first-order chi connectivity index (χ1) is 10.1. The number of nitrogens with one attached hydrogen (secondary N) is 1. The van der Waals surface area contributed by atoms with Gasteiger partial charge in [0.25, 0.3) is 0 Å². The van der Waals surface area contributed by atoms with E-state index in [9.17, 15) is 4.79 Å². The van der Waals surface area contributed by atoms with Crippen LogP contribution in [0.1, 0.15) is 45.6 Å². The second-order valence-electron chi connectivity index (χ2n) is 5.54. The topological polar surface area (TPSA) is 58.4 Å². The van der Waals surface area contributed by atoms with Crippen LogP contribution in [0.25, 0.3) is 0 Å². The summed E-state index contributed by atoms with van der Waals surface area (Å²) in [5.41, 5.74) is 7.74. The number of carbonyl (C=O) groups excluding carboxylic acids is 1. The highest BCUT2D eigenvalue weighted by atomic mass is 16.2. The molecule has 3 N–H and O–H groups in total. The molecule has 0 spiro atoms. The molecule has 0 aromatic heterocycles. The van der Waals surface area contributed by atoms with Crippen LogP contribution in [0.5, 0.6) is 0 Å². The van der Waals surface area contributed by atoms with Crippen LogP contribution in [0, 0.1) is 0 Å². The third-order valence-corrected chi connectivity index (χ3v) is 3.60. The van der Waals surface area contributed by atoms with Crippen molar-refractivity contribution in [3.8, 4) is 0 Å². The van der Waals surface area contributed by atoms with E-state index in [0.717, 1.165) is 50.1 Å². The molecule has 0 heterocycles. The van der Waals surface area contributed by atoms with Gasteiger partial charge in [0.05, 0.1) is 6.04 Å². The predicted molar refractivity (Wildman–Crippen MR) is 88.9 cm³/mol. The van der Waals surface area contributed by atoms with Crippen LogP contribution in [0.4, 0.5) is 5.69 Å². The van der Waals surface area contributed by atoms with E-state index >= 15 is 0 Å². The Morgan fingerprint density at radius 1 is 1.33 bits per heavy atom. The first kappa shape index (κ1) is 17.5. The van der Waals surface area contributed by atoms with Crippen molar-refractivity contribution in [2.45, 2.75) is 52.6 Å². The number of unbranched alkanes of at least 4 members (excludes halogenated alkanes) is 1. The van der Waals surface area contributed by atoms with E-state index in [1.54, 1.807) is 0 Å². The van der Waals surface area contributed by atoms with Crippen LogP contribution >= 0.6 is 0 Å². The molecule has 1 aromatic carbocycles. The molecule has 1 aromatic rings. The molecule has 4 heteroatoms. The van der Waals surface area contributed by atoms with Gasteiger partial charge in [0.1, 0.15) is 0 Å². The lowest BCUT2D eigenvalue weighted by Crippen LogP contribution is -2.45. The second kappa shape index (κ2) is 9.40. The number of rotatable bonds is 9. The summed E-state index contributed by atoms with van der Waals surface area (Å²) in [5.74, 6) is 0.112. The standard InChI is InChI=1S/C17H29N3O/c1-4-6-10-19-17(21)14(3)20(11-5-2)13-15-8-7-9-16(18)12-15/h7-9,12,14H,4-6,10-11,13,18H2,1-3H3,(H,19,21). The first-order valence-electron chi connectivity index (χ1n) is 7.94. The quantitative estimate of drug-likeness (QED) is 0.543. The minimum absolute atomic E-state index is 0.112. The fraction of sp³-hybridized carbons (Fsp3) is 0.588. The van der Waals surface area contributed by atoms with E-state index in [1.807, 2.05) is 25.1 Å². The molecule has 1 rings (SSSR count). The highest BCUT2D eigenvalue weighted by Gasteiger charge is 2.20. The normalized spacial score (nSPS) is 12.4. The number of hydrogen-bond acceptors (Lipinski definition) is 3. The number of nitrogen functional groups attached to an aromatic ring is 1. The summed E-state index contributed by atoms with van der Waals surface area (Å²) in [5, 5.41) is 3.01. The molecule has 1 amide bonds. The number of nitrogens with zero attached hydrogens (tertiary/aromatic N) is 1. The third-order valence-electron chi connectivity index (χ3n) is 3.60. The fourth-order valence-corrected chi connectivity index (χ4v) is 2.32. The lowest BCUT2D eigenvalue weighted by molar-refractivity contribution is -0.126. The number of hydrogen-bond donors (Lipinski definition) is 2. The van der Waals surface area contributed by atoms with Gasteiger partial charge in [-0.05, 0) is 44.0 Å². The number of nitrogens with two attached hydrogens (primary N) is 1. The zero-order chi connectivity index (χ0) is 15.7. The summed E-state index contributed by atoms with van der Waals surface area (Å²) in [4.78, 5) is 14.4. The Bertz CT molecular complexity index is 434. The lowest BCUT2D eigenvalue weighted by atomic mass is 10.1. The summed E-state index contributed by atoms with van der Waals surface area (Å²) in [6, 6.07) is 7.75. The largest absolute Gasteiger partial charge is 0.399 e. The van der Waals surface area contributed by atoms with Gasteiger partial charge in [0.2, 0.25) is 5.91 Å². The summed E-state index contributed by atoms with van der Waals surface area (Å²) in [6.45, 7) is 8.65. The highest BCUT2D eigenvalue weighted by Crippen LogP contribution is 2.12. The molecule has 0 bridgehead atoms. The van der Waals surface area contributed by atoms with Crippen LogP contribution in [-0.2, 0) is 11.3 Å². The smallest absolute Gasteiger partial charge is 0.237 e. The van der Waals surface area contributed by atoms with Gasteiger partial charge in [-0.15, -0.1) is 0 Å².